The van der Waals surface area contributed by atoms with Crippen molar-refractivity contribution in [3.8, 4) is 11.5 Å². The second-order valence-corrected chi connectivity index (χ2v) is 8.24. The van der Waals surface area contributed by atoms with Crippen LogP contribution in [0.25, 0.3) is 21.8 Å². The van der Waals surface area contributed by atoms with Crippen LogP contribution in [0.3, 0.4) is 0 Å². The number of nitrogens with one attached hydrogen (secondary N) is 1. The Labute approximate surface area is 206 Å². The number of fused-ring (bicyclic) bond motifs is 2. The Morgan fingerprint density at radius 3 is 2.67 bits per heavy atom. The third-order valence-corrected chi connectivity index (χ3v) is 6.11. The summed E-state index contributed by atoms with van der Waals surface area (Å²) < 4.78 is 13.7. The first-order valence-electron chi connectivity index (χ1n) is 11.5. The Hall–Kier alpha value is -4.66. The van der Waals surface area contributed by atoms with Gasteiger partial charge in [-0.3, -0.25) is 14.2 Å². The first kappa shape index (κ1) is 23.1. The zero-order valence-electron chi connectivity index (χ0n) is 20.0. The first-order chi connectivity index (χ1) is 17.6. The molecule has 2 aromatic heterocycles. The van der Waals surface area contributed by atoms with E-state index >= 15 is 0 Å². The molecule has 0 atom stereocenters. The molecule has 3 aromatic carbocycles. The summed E-state index contributed by atoms with van der Waals surface area (Å²) in [5.41, 5.74) is 1.76. The SMILES string of the molecule is COc1ccc(C(=O)NCCn2ncc3c(=O)n(Cc4cccc5ccccc45)cnc32)c(OC)c1. The highest BCUT2D eigenvalue weighted by Gasteiger charge is 2.15. The predicted octanol–water partition coefficient (Wildman–Crippen LogP) is 3.24. The number of ether oxygens (including phenoxy) is 2. The molecule has 0 aliphatic rings. The zero-order chi connectivity index (χ0) is 25.1. The molecule has 0 unspecified atom stereocenters. The molecule has 182 valence electrons. The fraction of sp³-hybridized carbons (Fsp3) is 0.185. The molecule has 0 bridgehead atoms. The highest BCUT2D eigenvalue weighted by atomic mass is 16.5. The van der Waals surface area contributed by atoms with E-state index in [2.05, 4.69) is 33.6 Å². The molecule has 1 N–H and O–H groups in total. The van der Waals surface area contributed by atoms with Crippen molar-refractivity contribution in [3.63, 3.8) is 0 Å². The Morgan fingerprint density at radius 1 is 1.00 bits per heavy atom. The fourth-order valence-corrected chi connectivity index (χ4v) is 4.24. The second-order valence-electron chi connectivity index (χ2n) is 8.24. The largest absolute Gasteiger partial charge is 0.497 e. The Morgan fingerprint density at radius 2 is 1.83 bits per heavy atom. The van der Waals surface area contributed by atoms with E-state index in [0.29, 0.717) is 47.7 Å². The van der Waals surface area contributed by atoms with E-state index in [4.69, 9.17) is 9.47 Å². The minimum atomic E-state index is -0.281. The lowest BCUT2D eigenvalue weighted by atomic mass is 10.0. The summed E-state index contributed by atoms with van der Waals surface area (Å²) in [6, 6.07) is 19.2. The summed E-state index contributed by atoms with van der Waals surface area (Å²) in [5.74, 6) is 0.741. The van der Waals surface area contributed by atoms with Crippen molar-refractivity contribution in [1.29, 1.82) is 0 Å². The van der Waals surface area contributed by atoms with Gasteiger partial charge in [-0.25, -0.2) is 9.67 Å². The minimum Gasteiger partial charge on any atom is -0.497 e. The van der Waals surface area contributed by atoms with Crippen LogP contribution in [0.2, 0.25) is 0 Å². The maximum atomic E-state index is 13.1. The molecule has 0 aliphatic carbocycles. The Kier molecular flexibility index (Phi) is 6.36. The molecule has 0 saturated heterocycles. The normalized spacial score (nSPS) is 11.1. The number of aromatic nitrogens is 4. The lowest BCUT2D eigenvalue weighted by Gasteiger charge is -2.11. The summed E-state index contributed by atoms with van der Waals surface area (Å²) in [4.78, 5) is 30.3. The van der Waals surface area contributed by atoms with E-state index in [9.17, 15) is 9.59 Å². The molecule has 1 amide bonds. The Bertz CT molecular complexity index is 1620. The van der Waals surface area contributed by atoms with Crippen LogP contribution in [0.1, 0.15) is 15.9 Å². The van der Waals surface area contributed by atoms with E-state index in [0.717, 1.165) is 16.3 Å². The van der Waals surface area contributed by atoms with Gasteiger partial charge >= 0.3 is 0 Å². The third-order valence-electron chi connectivity index (χ3n) is 6.11. The van der Waals surface area contributed by atoms with Crippen molar-refractivity contribution >= 4 is 27.7 Å². The highest BCUT2D eigenvalue weighted by molar-refractivity contribution is 5.97. The molecule has 9 nitrogen and oxygen atoms in total. The van der Waals surface area contributed by atoms with Crippen molar-refractivity contribution in [2.24, 2.45) is 0 Å². The van der Waals surface area contributed by atoms with Gasteiger partial charge in [-0.2, -0.15) is 5.10 Å². The van der Waals surface area contributed by atoms with Gasteiger partial charge in [0.25, 0.3) is 11.5 Å². The number of carbonyl (C=O) groups excluding carboxylic acids is 1. The number of benzene rings is 3. The number of methoxy groups -OCH3 is 2. The van der Waals surface area contributed by atoms with Crippen molar-refractivity contribution in [3.05, 3.63) is 94.7 Å². The van der Waals surface area contributed by atoms with Crippen LogP contribution in [0.4, 0.5) is 0 Å². The summed E-state index contributed by atoms with van der Waals surface area (Å²) in [7, 11) is 3.05. The first-order valence-corrected chi connectivity index (χ1v) is 11.5. The van der Waals surface area contributed by atoms with E-state index < -0.39 is 0 Å². The molecule has 0 spiro atoms. The van der Waals surface area contributed by atoms with E-state index in [1.807, 2.05) is 24.3 Å². The lowest BCUT2D eigenvalue weighted by molar-refractivity contribution is 0.0949. The van der Waals surface area contributed by atoms with Gasteiger partial charge in [0.1, 0.15) is 23.2 Å². The van der Waals surface area contributed by atoms with E-state index in [1.165, 1.54) is 13.3 Å². The zero-order valence-corrected chi connectivity index (χ0v) is 20.0. The number of hydrogen-bond donors (Lipinski definition) is 1. The number of amides is 1. The molecular formula is C27H25N5O4. The van der Waals surface area contributed by atoms with Crippen LogP contribution in [-0.4, -0.2) is 46.0 Å². The van der Waals surface area contributed by atoms with Crippen LogP contribution < -0.4 is 20.3 Å². The number of hydrogen-bond acceptors (Lipinski definition) is 6. The summed E-state index contributed by atoms with van der Waals surface area (Å²) in [6.45, 7) is 1.06. The summed E-state index contributed by atoms with van der Waals surface area (Å²) >= 11 is 0. The van der Waals surface area contributed by atoms with Crippen LogP contribution in [0.15, 0.2) is 78.0 Å². The van der Waals surface area contributed by atoms with Crippen molar-refractivity contribution < 1.29 is 14.3 Å². The highest BCUT2D eigenvalue weighted by Crippen LogP contribution is 2.24. The quantitative estimate of drug-likeness (QED) is 0.364. The molecule has 5 rings (SSSR count). The van der Waals surface area contributed by atoms with Gasteiger partial charge < -0.3 is 14.8 Å². The molecule has 9 heteroatoms. The third kappa shape index (κ3) is 4.38. The molecule has 0 saturated carbocycles. The van der Waals surface area contributed by atoms with E-state index in [1.54, 1.807) is 40.9 Å². The maximum absolute atomic E-state index is 13.1. The van der Waals surface area contributed by atoms with Gasteiger partial charge in [0.15, 0.2) is 5.65 Å². The Balaban J connectivity index is 1.31. The van der Waals surface area contributed by atoms with Crippen molar-refractivity contribution in [2.75, 3.05) is 20.8 Å². The molecule has 5 aromatic rings. The molecule has 0 aliphatic heterocycles. The second kappa shape index (κ2) is 9.91. The number of nitrogens with zero attached hydrogens (tertiary/aromatic N) is 4. The summed E-state index contributed by atoms with van der Waals surface area (Å²) in [6.07, 6.45) is 3.07. The van der Waals surface area contributed by atoms with Gasteiger partial charge in [-0.15, -0.1) is 0 Å². The van der Waals surface area contributed by atoms with Crippen LogP contribution in [0.5, 0.6) is 11.5 Å². The average molecular weight is 484 g/mol. The molecule has 0 radical (unpaired) electrons. The number of rotatable bonds is 8. The monoisotopic (exact) mass is 483 g/mol. The maximum Gasteiger partial charge on any atom is 0.264 e. The fourth-order valence-electron chi connectivity index (χ4n) is 4.24. The number of carbonyl (C=O) groups is 1. The molecule has 0 fully saturated rings. The van der Waals surface area contributed by atoms with Gasteiger partial charge in [0.05, 0.1) is 39.1 Å². The molecule has 36 heavy (non-hydrogen) atoms. The molecular weight excluding hydrogens is 458 g/mol. The lowest BCUT2D eigenvalue weighted by Crippen LogP contribution is -2.28. The minimum absolute atomic E-state index is 0.161. The van der Waals surface area contributed by atoms with Crippen LogP contribution in [0, 0.1) is 0 Å². The van der Waals surface area contributed by atoms with Crippen LogP contribution in [-0.2, 0) is 13.1 Å². The average Bonchev–Trinajstić information content (AvgIpc) is 3.33. The summed E-state index contributed by atoms with van der Waals surface area (Å²) in [5, 5.41) is 9.85. The van der Waals surface area contributed by atoms with Gasteiger partial charge in [-0.05, 0) is 28.5 Å². The van der Waals surface area contributed by atoms with Crippen molar-refractivity contribution in [2.45, 2.75) is 13.1 Å². The molecule has 2 heterocycles. The van der Waals surface area contributed by atoms with Gasteiger partial charge in [0, 0.05) is 12.6 Å². The van der Waals surface area contributed by atoms with Gasteiger partial charge in [0.2, 0.25) is 0 Å². The standard InChI is InChI=1S/C27H25N5O4/c1-35-20-10-11-22(24(14-20)36-2)26(33)28-12-13-32-25-23(15-30-32)27(34)31(17-29-25)16-19-8-5-7-18-6-3-4-9-21(18)19/h3-11,14-15,17H,12-13,16H2,1-2H3,(H,28,33). The smallest absolute Gasteiger partial charge is 0.264 e. The topological polar surface area (TPSA) is 100 Å². The van der Waals surface area contributed by atoms with E-state index in [-0.39, 0.29) is 11.5 Å². The van der Waals surface area contributed by atoms with Gasteiger partial charge in [-0.1, -0.05) is 42.5 Å². The van der Waals surface area contributed by atoms with Crippen molar-refractivity contribution in [1.82, 2.24) is 24.6 Å². The van der Waals surface area contributed by atoms with Crippen LogP contribution >= 0.6 is 0 Å². The predicted molar refractivity (Wildman–Crippen MR) is 137 cm³/mol.